The van der Waals surface area contributed by atoms with Crippen molar-refractivity contribution in [2.45, 2.75) is 26.3 Å². The topological polar surface area (TPSA) is 20.3 Å². The molecule has 0 unspecified atom stereocenters. The Kier molecular flexibility index (Phi) is 3.16. The van der Waals surface area contributed by atoms with E-state index < -0.39 is 0 Å². The average Bonchev–Trinajstić information content (AvgIpc) is 2.54. The van der Waals surface area contributed by atoms with Crippen LogP contribution in [0.3, 0.4) is 0 Å². The zero-order valence-electron chi connectivity index (χ0n) is 8.86. The van der Waals surface area contributed by atoms with Crippen LogP contribution < -0.4 is 4.35 Å². The van der Waals surface area contributed by atoms with Crippen molar-refractivity contribution in [1.29, 1.82) is 0 Å². The summed E-state index contributed by atoms with van der Waals surface area (Å²) in [5.41, 5.74) is 2.09. The third-order valence-electron chi connectivity index (χ3n) is 2.77. The van der Waals surface area contributed by atoms with Gasteiger partial charge in [-0.1, -0.05) is 0 Å². The molecule has 2 rings (SSSR count). The molecular weight excluding hydrogens is 249 g/mol. The summed E-state index contributed by atoms with van der Waals surface area (Å²) in [5.74, 6) is 0.203. The number of hydrogen-bond donors (Lipinski definition) is 0. The van der Waals surface area contributed by atoms with Crippen LogP contribution in [0, 0.1) is 0 Å². The Balaban J connectivity index is 2.22. The van der Waals surface area contributed by atoms with E-state index in [0.717, 1.165) is 35.8 Å². The van der Waals surface area contributed by atoms with Gasteiger partial charge in [0, 0.05) is 0 Å². The Bertz CT molecular complexity index is 389. The molecule has 15 heavy (non-hydrogen) atoms. The number of rotatable bonds is 3. The molecule has 1 heterocycles. The van der Waals surface area contributed by atoms with Crippen LogP contribution in [0.5, 0.6) is 0 Å². The Morgan fingerprint density at radius 2 is 2.27 bits per heavy atom. The maximum absolute atomic E-state index is 12.0. The third-order valence-corrected chi connectivity index (χ3v) is 3.55. The van der Waals surface area contributed by atoms with Crippen molar-refractivity contribution in [3.63, 3.8) is 0 Å². The van der Waals surface area contributed by atoms with E-state index in [1.165, 1.54) is 5.56 Å². The van der Waals surface area contributed by atoms with Crippen molar-refractivity contribution in [1.82, 2.24) is 4.90 Å². The van der Waals surface area contributed by atoms with E-state index in [0.29, 0.717) is 0 Å². The average molecular weight is 263 g/mol. The summed E-state index contributed by atoms with van der Waals surface area (Å²) in [6, 6.07) is 6.05. The van der Waals surface area contributed by atoms with Crippen molar-refractivity contribution >= 4 is 27.1 Å². The third kappa shape index (κ3) is 1.96. The Morgan fingerprint density at radius 3 is 2.93 bits per heavy atom. The fourth-order valence-electron chi connectivity index (χ4n) is 1.93. The molecule has 3 heteroatoms. The summed E-state index contributed by atoms with van der Waals surface area (Å²) in [6.45, 7) is 3.83. The van der Waals surface area contributed by atoms with Crippen LogP contribution in [0.1, 0.15) is 35.7 Å². The van der Waals surface area contributed by atoms with Crippen LogP contribution >= 0.6 is 0 Å². The number of unbranched alkanes of at least 4 members (excludes halogenated alkanes) is 1. The molecule has 0 fully saturated rings. The predicted octanol–water partition coefficient (Wildman–Crippen LogP) is 1.24. The predicted molar refractivity (Wildman–Crippen MR) is 61.5 cm³/mol. The van der Waals surface area contributed by atoms with Gasteiger partial charge in [-0.2, -0.15) is 0 Å². The van der Waals surface area contributed by atoms with Gasteiger partial charge in [0.05, 0.1) is 0 Å². The van der Waals surface area contributed by atoms with E-state index in [2.05, 4.69) is 29.8 Å². The Morgan fingerprint density at radius 1 is 1.47 bits per heavy atom. The van der Waals surface area contributed by atoms with Gasteiger partial charge in [-0.05, 0) is 0 Å². The summed E-state index contributed by atoms with van der Waals surface area (Å²) in [7, 11) is 0. The molecule has 1 aliphatic rings. The van der Waals surface area contributed by atoms with Crippen molar-refractivity contribution in [2.24, 2.45) is 0 Å². The van der Waals surface area contributed by atoms with Gasteiger partial charge in [0.1, 0.15) is 0 Å². The van der Waals surface area contributed by atoms with Gasteiger partial charge in [-0.15, -0.1) is 0 Å². The van der Waals surface area contributed by atoms with Crippen molar-refractivity contribution in [3.05, 3.63) is 29.3 Å². The normalized spacial score (nSPS) is 14.5. The quantitative estimate of drug-likeness (QED) is 0.751. The van der Waals surface area contributed by atoms with Gasteiger partial charge in [-0.25, -0.2) is 0 Å². The second-order valence-corrected chi connectivity index (χ2v) is 4.90. The molecule has 0 bridgehead atoms. The summed E-state index contributed by atoms with van der Waals surface area (Å²) in [4.78, 5) is 14.0. The number of carbonyl (C=O) groups is 1. The van der Waals surface area contributed by atoms with Gasteiger partial charge in [0.25, 0.3) is 0 Å². The zero-order valence-corrected chi connectivity index (χ0v) is 10.7. The molecule has 1 amide bonds. The molecular formula is C12H14AsNO. The SMILES string of the molecule is CCCCN1Cc2cccc([As])c2C1=O. The number of nitrogens with zero attached hydrogens (tertiary/aromatic N) is 1. The second-order valence-electron chi connectivity index (χ2n) is 3.89. The molecule has 1 aromatic rings. The number of hydrogen-bond acceptors (Lipinski definition) is 1. The summed E-state index contributed by atoms with van der Waals surface area (Å²) >= 11 is 2.49. The fraction of sp³-hybridized carbons (Fsp3) is 0.417. The van der Waals surface area contributed by atoms with E-state index >= 15 is 0 Å². The number of amides is 1. The van der Waals surface area contributed by atoms with Crippen LogP contribution in [0.2, 0.25) is 0 Å². The van der Waals surface area contributed by atoms with E-state index in [1.54, 1.807) is 0 Å². The van der Waals surface area contributed by atoms with Crippen LogP contribution in [0.4, 0.5) is 0 Å². The molecule has 1 aliphatic heterocycles. The fourth-order valence-corrected chi connectivity index (χ4v) is 2.61. The monoisotopic (exact) mass is 263 g/mol. The van der Waals surface area contributed by atoms with Gasteiger partial charge >= 0.3 is 99.0 Å². The van der Waals surface area contributed by atoms with E-state index in [4.69, 9.17) is 0 Å². The maximum atomic E-state index is 12.0. The summed E-state index contributed by atoms with van der Waals surface area (Å²) < 4.78 is 1.05. The van der Waals surface area contributed by atoms with Gasteiger partial charge in [-0.3, -0.25) is 0 Å². The Labute approximate surface area is 99.2 Å². The molecule has 0 aliphatic carbocycles. The van der Waals surface area contributed by atoms with Crippen LogP contribution in [0.15, 0.2) is 18.2 Å². The summed E-state index contributed by atoms with van der Waals surface area (Å²) in [5, 5.41) is 0. The molecule has 0 aromatic heterocycles. The van der Waals surface area contributed by atoms with E-state index in [1.807, 2.05) is 17.0 Å². The minimum atomic E-state index is 0.203. The molecule has 0 atom stereocenters. The zero-order chi connectivity index (χ0) is 10.8. The number of benzene rings is 1. The molecule has 0 N–H and O–H groups in total. The first-order valence-electron chi connectivity index (χ1n) is 5.34. The van der Waals surface area contributed by atoms with Crippen LogP contribution in [0.25, 0.3) is 0 Å². The first-order chi connectivity index (χ1) is 7.24. The van der Waals surface area contributed by atoms with E-state index in [9.17, 15) is 4.79 Å². The molecule has 0 saturated carbocycles. The summed E-state index contributed by atoms with van der Waals surface area (Å²) in [6.07, 6.45) is 2.23. The van der Waals surface area contributed by atoms with E-state index in [-0.39, 0.29) is 5.91 Å². The molecule has 78 valence electrons. The number of fused-ring (bicyclic) bond motifs is 1. The van der Waals surface area contributed by atoms with Crippen LogP contribution in [-0.4, -0.2) is 34.2 Å². The molecule has 0 saturated heterocycles. The van der Waals surface area contributed by atoms with Crippen molar-refractivity contribution in [2.75, 3.05) is 6.54 Å². The molecule has 2 nitrogen and oxygen atoms in total. The van der Waals surface area contributed by atoms with Crippen molar-refractivity contribution < 1.29 is 4.79 Å². The minimum absolute atomic E-state index is 0.203. The second kappa shape index (κ2) is 4.40. The first-order valence-corrected chi connectivity index (χ1v) is 6.28. The Hall–Kier alpha value is -0.752. The first kappa shape index (κ1) is 10.8. The molecule has 1 aromatic carbocycles. The van der Waals surface area contributed by atoms with Gasteiger partial charge in [0.15, 0.2) is 0 Å². The van der Waals surface area contributed by atoms with Crippen molar-refractivity contribution in [3.8, 4) is 0 Å². The van der Waals surface area contributed by atoms with Gasteiger partial charge in [0.2, 0.25) is 0 Å². The van der Waals surface area contributed by atoms with Gasteiger partial charge < -0.3 is 0 Å². The molecule has 0 spiro atoms. The van der Waals surface area contributed by atoms with Crippen LogP contribution in [-0.2, 0) is 6.54 Å². The standard InChI is InChI=1S/C12H14AsNO/c1-2-3-7-14-8-9-5-4-6-10(13)11(9)12(14)15/h4-6H,2-3,7-8H2,1H3. The number of carbonyl (C=O) groups excluding carboxylic acids is 1. The molecule has 2 radical (unpaired) electrons.